The van der Waals surface area contributed by atoms with Gasteiger partial charge in [-0.05, 0) is 25.0 Å². The first-order chi connectivity index (χ1) is 13.1. The highest BCUT2D eigenvalue weighted by molar-refractivity contribution is 7.13. The number of rotatable bonds is 4. The van der Waals surface area contributed by atoms with Crippen molar-refractivity contribution in [2.75, 3.05) is 26.2 Å². The molecule has 2 fully saturated rings. The van der Waals surface area contributed by atoms with E-state index < -0.39 is 11.8 Å². The van der Waals surface area contributed by atoms with Crippen LogP contribution in [0.5, 0.6) is 0 Å². The second-order valence-electron chi connectivity index (χ2n) is 6.72. The molecule has 4 rings (SSSR count). The maximum atomic E-state index is 12.5. The summed E-state index contributed by atoms with van der Waals surface area (Å²) in [7, 11) is 0. The largest absolute Gasteiger partial charge is 0.462 e. The number of carbonyl (C=O) groups excluding carboxylic acids is 3. The molecule has 8 nitrogen and oxygen atoms in total. The second kappa shape index (κ2) is 7.51. The molecular weight excluding hydrogens is 368 g/mol. The molecule has 142 valence electrons. The zero-order chi connectivity index (χ0) is 18.8. The summed E-state index contributed by atoms with van der Waals surface area (Å²) < 4.78 is 5.32. The second-order valence-corrected chi connectivity index (χ2v) is 7.58. The molecule has 3 amide bonds. The van der Waals surface area contributed by atoms with E-state index in [2.05, 4.69) is 10.3 Å². The standard InChI is InChI=1S/C18H20N4O4S/c23-15(10-13-11-27-17(20-13)14-2-1-9-26-14)21-5-7-22(8-6-21)18(25)16(24)19-12-3-4-12/h1-2,9,11-12H,3-8,10H2,(H,19,24). The van der Waals surface area contributed by atoms with E-state index in [4.69, 9.17) is 4.42 Å². The fraction of sp³-hybridized carbons (Fsp3) is 0.444. The van der Waals surface area contributed by atoms with E-state index in [0.717, 1.165) is 17.8 Å². The van der Waals surface area contributed by atoms with E-state index in [9.17, 15) is 14.4 Å². The molecule has 1 saturated heterocycles. The van der Waals surface area contributed by atoms with Crippen LogP contribution in [0.4, 0.5) is 0 Å². The van der Waals surface area contributed by atoms with Crippen LogP contribution < -0.4 is 5.32 Å². The molecule has 2 aromatic heterocycles. The van der Waals surface area contributed by atoms with E-state index in [1.165, 1.54) is 16.2 Å². The molecule has 0 unspecified atom stereocenters. The van der Waals surface area contributed by atoms with Crippen molar-refractivity contribution in [1.29, 1.82) is 0 Å². The van der Waals surface area contributed by atoms with Gasteiger partial charge in [0, 0.05) is 37.6 Å². The Hall–Kier alpha value is -2.68. The van der Waals surface area contributed by atoms with Crippen LogP contribution in [-0.2, 0) is 20.8 Å². The summed E-state index contributed by atoms with van der Waals surface area (Å²) in [5.74, 6) is -0.377. The smallest absolute Gasteiger partial charge is 0.312 e. The van der Waals surface area contributed by atoms with Crippen molar-refractivity contribution in [3.05, 3.63) is 29.5 Å². The first-order valence-electron chi connectivity index (χ1n) is 8.96. The lowest BCUT2D eigenvalue weighted by molar-refractivity contribution is -0.148. The number of nitrogens with one attached hydrogen (secondary N) is 1. The number of hydrogen-bond acceptors (Lipinski definition) is 6. The predicted molar refractivity (Wildman–Crippen MR) is 97.8 cm³/mol. The Morgan fingerprint density at radius 1 is 1.19 bits per heavy atom. The van der Waals surface area contributed by atoms with Gasteiger partial charge in [-0.1, -0.05) is 0 Å². The van der Waals surface area contributed by atoms with Gasteiger partial charge in [0.15, 0.2) is 10.8 Å². The highest BCUT2D eigenvalue weighted by atomic mass is 32.1. The van der Waals surface area contributed by atoms with Gasteiger partial charge in [0.25, 0.3) is 0 Å². The molecule has 0 atom stereocenters. The lowest BCUT2D eigenvalue weighted by atomic mass is 10.2. The maximum absolute atomic E-state index is 12.5. The Morgan fingerprint density at radius 2 is 1.93 bits per heavy atom. The van der Waals surface area contributed by atoms with Crippen LogP contribution in [0.25, 0.3) is 10.8 Å². The van der Waals surface area contributed by atoms with E-state index in [0.29, 0.717) is 37.6 Å². The van der Waals surface area contributed by atoms with Gasteiger partial charge in [-0.3, -0.25) is 14.4 Å². The molecule has 9 heteroatoms. The molecule has 1 saturated carbocycles. The molecular formula is C18H20N4O4S. The van der Waals surface area contributed by atoms with Crippen molar-refractivity contribution in [3.8, 4) is 10.8 Å². The molecule has 0 radical (unpaired) electrons. The van der Waals surface area contributed by atoms with Gasteiger partial charge in [0.2, 0.25) is 5.91 Å². The molecule has 1 N–H and O–H groups in total. The van der Waals surface area contributed by atoms with E-state index in [-0.39, 0.29) is 18.4 Å². The monoisotopic (exact) mass is 388 g/mol. The van der Waals surface area contributed by atoms with Gasteiger partial charge in [-0.2, -0.15) is 0 Å². The van der Waals surface area contributed by atoms with Gasteiger partial charge < -0.3 is 19.5 Å². The number of nitrogens with zero attached hydrogens (tertiary/aromatic N) is 3. The van der Waals surface area contributed by atoms with Crippen LogP contribution in [0, 0.1) is 0 Å². The van der Waals surface area contributed by atoms with Crippen molar-refractivity contribution in [2.24, 2.45) is 0 Å². The van der Waals surface area contributed by atoms with Crippen LogP contribution in [0.3, 0.4) is 0 Å². The van der Waals surface area contributed by atoms with Crippen molar-refractivity contribution in [1.82, 2.24) is 20.1 Å². The van der Waals surface area contributed by atoms with Gasteiger partial charge in [0.1, 0.15) is 0 Å². The quantitative estimate of drug-likeness (QED) is 0.785. The average Bonchev–Trinajstić information content (AvgIpc) is 3.13. The molecule has 27 heavy (non-hydrogen) atoms. The number of furan rings is 1. The topological polar surface area (TPSA) is 95.8 Å². The fourth-order valence-electron chi connectivity index (χ4n) is 2.95. The minimum atomic E-state index is -0.537. The van der Waals surface area contributed by atoms with Crippen molar-refractivity contribution < 1.29 is 18.8 Å². The number of amides is 3. The van der Waals surface area contributed by atoms with Crippen LogP contribution in [0.15, 0.2) is 28.2 Å². The van der Waals surface area contributed by atoms with Crippen LogP contribution in [0.1, 0.15) is 18.5 Å². The van der Waals surface area contributed by atoms with Gasteiger partial charge in [-0.15, -0.1) is 11.3 Å². The van der Waals surface area contributed by atoms with Crippen molar-refractivity contribution >= 4 is 29.1 Å². The molecule has 1 aliphatic heterocycles. The summed E-state index contributed by atoms with van der Waals surface area (Å²) in [5, 5.41) is 5.31. The summed E-state index contributed by atoms with van der Waals surface area (Å²) in [6.45, 7) is 1.60. The van der Waals surface area contributed by atoms with Crippen molar-refractivity contribution in [2.45, 2.75) is 25.3 Å². The number of piperazine rings is 1. The third-order valence-electron chi connectivity index (χ3n) is 4.64. The highest BCUT2D eigenvalue weighted by Gasteiger charge is 2.31. The number of hydrogen-bond donors (Lipinski definition) is 1. The minimum absolute atomic E-state index is 0.0270. The number of aromatic nitrogens is 1. The maximum Gasteiger partial charge on any atom is 0.312 e. The molecule has 1 aliphatic carbocycles. The molecule has 0 bridgehead atoms. The van der Waals surface area contributed by atoms with E-state index in [1.54, 1.807) is 17.2 Å². The fourth-order valence-corrected chi connectivity index (χ4v) is 3.73. The van der Waals surface area contributed by atoms with Crippen LogP contribution >= 0.6 is 11.3 Å². The van der Waals surface area contributed by atoms with Crippen LogP contribution in [0.2, 0.25) is 0 Å². The molecule has 0 aromatic carbocycles. The zero-order valence-electron chi connectivity index (χ0n) is 14.7. The average molecular weight is 388 g/mol. The summed E-state index contributed by atoms with van der Waals surface area (Å²) in [4.78, 5) is 44.2. The third kappa shape index (κ3) is 4.19. The molecule has 3 heterocycles. The third-order valence-corrected chi connectivity index (χ3v) is 5.55. The Kier molecular flexibility index (Phi) is 4.93. The summed E-state index contributed by atoms with van der Waals surface area (Å²) in [5.41, 5.74) is 0.707. The Morgan fingerprint density at radius 3 is 2.59 bits per heavy atom. The SMILES string of the molecule is O=C(NC1CC1)C(=O)N1CCN(C(=O)Cc2csc(-c3ccco3)n2)CC1. The lowest BCUT2D eigenvalue weighted by Crippen LogP contribution is -2.54. The summed E-state index contributed by atoms with van der Waals surface area (Å²) in [6, 6.07) is 3.79. The Labute approximate surface area is 160 Å². The van der Waals surface area contributed by atoms with Gasteiger partial charge >= 0.3 is 11.8 Å². The van der Waals surface area contributed by atoms with Crippen LogP contribution in [-0.4, -0.2) is 64.7 Å². The molecule has 2 aromatic rings. The normalized spacial score (nSPS) is 17.0. The first kappa shape index (κ1) is 17.7. The van der Waals surface area contributed by atoms with Gasteiger partial charge in [-0.25, -0.2) is 4.98 Å². The first-order valence-corrected chi connectivity index (χ1v) is 9.84. The van der Waals surface area contributed by atoms with Crippen molar-refractivity contribution in [3.63, 3.8) is 0 Å². The number of carbonyl (C=O) groups is 3. The Bertz CT molecular complexity index is 835. The van der Waals surface area contributed by atoms with E-state index in [1.807, 2.05) is 11.4 Å². The zero-order valence-corrected chi connectivity index (χ0v) is 15.5. The minimum Gasteiger partial charge on any atom is -0.462 e. The Balaban J connectivity index is 1.27. The summed E-state index contributed by atoms with van der Waals surface area (Å²) >= 11 is 1.44. The number of thiazole rings is 1. The highest BCUT2D eigenvalue weighted by Crippen LogP contribution is 2.24. The molecule has 0 spiro atoms. The van der Waals surface area contributed by atoms with Gasteiger partial charge in [0.05, 0.1) is 18.4 Å². The van der Waals surface area contributed by atoms with E-state index >= 15 is 0 Å². The molecule has 2 aliphatic rings. The predicted octanol–water partition coefficient (Wildman–Crippen LogP) is 0.895. The summed E-state index contributed by atoms with van der Waals surface area (Å²) in [6.07, 6.45) is 3.69. The lowest BCUT2D eigenvalue weighted by Gasteiger charge is -2.34.